The summed E-state index contributed by atoms with van der Waals surface area (Å²) in [7, 11) is 0. The summed E-state index contributed by atoms with van der Waals surface area (Å²) in [6.45, 7) is 2.63. The highest BCUT2D eigenvalue weighted by Gasteiger charge is 2.18. The normalized spacial score (nSPS) is 10.6. The molecule has 2 aromatic carbocycles. The molecule has 33 heavy (non-hydrogen) atoms. The number of nitriles is 1. The Balaban J connectivity index is 1.47. The first kappa shape index (κ1) is 22.6. The minimum atomic E-state index is -0.425. The zero-order valence-corrected chi connectivity index (χ0v) is 19.3. The molecule has 0 spiro atoms. The standard InChI is InChI=1S/C25H19ClN2O4S/c1-2-30-25(29)21-12-28-24(26)22-18(15-33-23(21)22)14-32-20-8-4-7-19(10-20)31-13-17-6-3-5-16(9-17)11-27/h3-10,12,15H,2,13-14H2,1H3. The van der Waals surface area contributed by atoms with Crippen LogP contribution in [0.25, 0.3) is 10.1 Å². The molecule has 0 atom stereocenters. The number of halogens is 1. The van der Waals surface area contributed by atoms with Gasteiger partial charge in [0.15, 0.2) is 0 Å². The van der Waals surface area contributed by atoms with Crippen LogP contribution in [0.4, 0.5) is 0 Å². The van der Waals surface area contributed by atoms with E-state index < -0.39 is 5.97 Å². The van der Waals surface area contributed by atoms with Gasteiger partial charge < -0.3 is 14.2 Å². The van der Waals surface area contributed by atoms with Crippen LogP contribution in [0.15, 0.2) is 60.1 Å². The van der Waals surface area contributed by atoms with Gasteiger partial charge in [0.1, 0.15) is 29.9 Å². The number of aromatic nitrogens is 1. The number of benzene rings is 2. The first-order valence-corrected chi connectivity index (χ1v) is 11.4. The fraction of sp³-hybridized carbons (Fsp3) is 0.160. The van der Waals surface area contributed by atoms with Gasteiger partial charge in [-0.05, 0) is 42.1 Å². The third-order valence-corrected chi connectivity index (χ3v) is 6.13. The van der Waals surface area contributed by atoms with E-state index in [0.717, 1.165) is 15.8 Å². The van der Waals surface area contributed by atoms with E-state index in [4.69, 9.17) is 31.1 Å². The monoisotopic (exact) mass is 478 g/mol. The van der Waals surface area contributed by atoms with Crippen LogP contribution in [0.2, 0.25) is 5.15 Å². The van der Waals surface area contributed by atoms with Gasteiger partial charge in [-0.1, -0.05) is 29.8 Å². The number of pyridine rings is 1. The molecule has 0 radical (unpaired) electrons. The fourth-order valence-electron chi connectivity index (χ4n) is 3.24. The Morgan fingerprint density at radius 3 is 2.64 bits per heavy atom. The molecule has 0 saturated carbocycles. The molecule has 0 amide bonds. The Morgan fingerprint density at radius 2 is 1.88 bits per heavy atom. The van der Waals surface area contributed by atoms with Crippen molar-refractivity contribution in [1.82, 2.24) is 4.98 Å². The zero-order valence-electron chi connectivity index (χ0n) is 17.7. The highest BCUT2D eigenvalue weighted by molar-refractivity contribution is 7.17. The second-order valence-corrected chi connectivity index (χ2v) is 8.25. The molecule has 0 aliphatic carbocycles. The highest BCUT2D eigenvalue weighted by atomic mass is 35.5. The SMILES string of the molecule is CCOC(=O)c1cnc(Cl)c2c(COc3cccc(OCc4cccc(C#N)c4)c3)csc12. The number of thiophene rings is 1. The number of esters is 1. The number of carbonyl (C=O) groups is 1. The largest absolute Gasteiger partial charge is 0.489 e. The predicted molar refractivity (Wildman–Crippen MR) is 127 cm³/mol. The van der Waals surface area contributed by atoms with Crippen molar-refractivity contribution in [2.75, 3.05) is 6.61 Å². The van der Waals surface area contributed by atoms with E-state index in [1.54, 1.807) is 25.1 Å². The van der Waals surface area contributed by atoms with Crippen LogP contribution in [-0.4, -0.2) is 17.6 Å². The van der Waals surface area contributed by atoms with E-state index in [1.165, 1.54) is 17.5 Å². The fourth-order valence-corrected chi connectivity index (χ4v) is 4.61. The molecule has 0 saturated heterocycles. The van der Waals surface area contributed by atoms with Gasteiger partial charge >= 0.3 is 5.97 Å². The topological polar surface area (TPSA) is 81.4 Å². The molecule has 8 heteroatoms. The molecule has 4 rings (SSSR count). The van der Waals surface area contributed by atoms with Gasteiger partial charge in [0.05, 0.1) is 28.5 Å². The maximum absolute atomic E-state index is 12.2. The predicted octanol–water partition coefficient (Wildman–Crippen LogP) is 6.16. The summed E-state index contributed by atoms with van der Waals surface area (Å²) in [4.78, 5) is 16.4. The lowest BCUT2D eigenvalue weighted by molar-refractivity contribution is 0.0528. The van der Waals surface area contributed by atoms with Crippen LogP contribution in [0, 0.1) is 11.3 Å². The van der Waals surface area contributed by atoms with Gasteiger partial charge in [-0.15, -0.1) is 11.3 Å². The van der Waals surface area contributed by atoms with Crippen molar-refractivity contribution >= 4 is 39.0 Å². The molecule has 4 aromatic rings. The van der Waals surface area contributed by atoms with Crippen LogP contribution in [0.3, 0.4) is 0 Å². The van der Waals surface area contributed by atoms with Crippen LogP contribution in [0.5, 0.6) is 11.5 Å². The van der Waals surface area contributed by atoms with Gasteiger partial charge in [-0.3, -0.25) is 0 Å². The second-order valence-electron chi connectivity index (χ2n) is 7.01. The molecule has 0 unspecified atom stereocenters. The van der Waals surface area contributed by atoms with Crippen molar-refractivity contribution in [2.24, 2.45) is 0 Å². The number of carbonyl (C=O) groups excluding carboxylic acids is 1. The Labute approximate surface area is 199 Å². The summed E-state index contributed by atoms with van der Waals surface area (Å²) in [6.07, 6.45) is 1.44. The summed E-state index contributed by atoms with van der Waals surface area (Å²) in [6, 6.07) is 16.7. The van der Waals surface area contributed by atoms with E-state index in [-0.39, 0.29) is 13.2 Å². The molecule has 0 bridgehead atoms. The Bertz CT molecular complexity index is 1350. The van der Waals surface area contributed by atoms with E-state index in [2.05, 4.69) is 11.1 Å². The van der Waals surface area contributed by atoms with Crippen molar-refractivity contribution in [3.8, 4) is 17.6 Å². The number of ether oxygens (including phenoxy) is 3. The minimum Gasteiger partial charge on any atom is -0.489 e. The lowest BCUT2D eigenvalue weighted by atomic mass is 10.1. The van der Waals surface area contributed by atoms with E-state index in [1.807, 2.05) is 35.7 Å². The highest BCUT2D eigenvalue weighted by Crippen LogP contribution is 2.34. The summed E-state index contributed by atoms with van der Waals surface area (Å²) < 4.78 is 17.7. The summed E-state index contributed by atoms with van der Waals surface area (Å²) in [5.74, 6) is 0.851. The summed E-state index contributed by atoms with van der Waals surface area (Å²) in [5, 5.41) is 11.9. The van der Waals surface area contributed by atoms with Crippen LogP contribution < -0.4 is 9.47 Å². The van der Waals surface area contributed by atoms with E-state index in [9.17, 15) is 4.79 Å². The lowest BCUT2D eigenvalue weighted by Gasteiger charge is -2.10. The van der Waals surface area contributed by atoms with Crippen LogP contribution in [0.1, 0.15) is 34.0 Å². The first-order chi connectivity index (χ1) is 16.1. The average Bonchev–Trinajstić information content (AvgIpc) is 3.27. The van der Waals surface area contributed by atoms with Gasteiger partial charge in [0.2, 0.25) is 0 Å². The molecule has 0 fully saturated rings. The Morgan fingerprint density at radius 1 is 1.12 bits per heavy atom. The van der Waals surface area contributed by atoms with Crippen LogP contribution >= 0.6 is 22.9 Å². The number of nitrogens with zero attached hydrogens (tertiary/aromatic N) is 2. The van der Waals surface area contributed by atoms with E-state index >= 15 is 0 Å². The van der Waals surface area contributed by atoms with E-state index in [0.29, 0.717) is 39.8 Å². The molecule has 6 nitrogen and oxygen atoms in total. The first-order valence-electron chi connectivity index (χ1n) is 10.2. The van der Waals surface area contributed by atoms with Gasteiger partial charge in [-0.25, -0.2) is 9.78 Å². The average molecular weight is 479 g/mol. The molecular formula is C25H19ClN2O4S. The summed E-state index contributed by atoms with van der Waals surface area (Å²) in [5.41, 5.74) is 2.72. The second kappa shape index (κ2) is 10.3. The molecule has 166 valence electrons. The van der Waals surface area contributed by atoms with Crippen molar-refractivity contribution in [3.63, 3.8) is 0 Å². The number of fused-ring (bicyclic) bond motifs is 1. The molecule has 0 aliphatic heterocycles. The summed E-state index contributed by atoms with van der Waals surface area (Å²) >= 11 is 7.74. The van der Waals surface area contributed by atoms with Gasteiger partial charge in [0, 0.05) is 23.2 Å². The van der Waals surface area contributed by atoms with Crippen molar-refractivity contribution < 1.29 is 19.0 Å². The smallest absolute Gasteiger partial charge is 0.341 e. The van der Waals surface area contributed by atoms with Gasteiger partial charge in [-0.2, -0.15) is 5.26 Å². The quantitative estimate of drug-likeness (QED) is 0.223. The number of hydrogen-bond acceptors (Lipinski definition) is 7. The molecule has 2 aromatic heterocycles. The van der Waals surface area contributed by atoms with Crippen molar-refractivity contribution in [3.05, 3.63) is 87.5 Å². The lowest BCUT2D eigenvalue weighted by Crippen LogP contribution is -2.05. The third-order valence-electron chi connectivity index (χ3n) is 4.78. The third kappa shape index (κ3) is 5.25. The maximum Gasteiger partial charge on any atom is 0.341 e. The minimum absolute atomic E-state index is 0.251. The maximum atomic E-state index is 12.2. The Kier molecular flexibility index (Phi) is 7.08. The molecule has 0 N–H and O–H groups in total. The van der Waals surface area contributed by atoms with Crippen molar-refractivity contribution in [2.45, 2.75) is 20.1 Å². The zero-order chi connectivity index (χ0) is 23.2. The molecule has 2 heterocycles. The number of rotatable bonds is 8. The van der Waals surface area contributed by atoms with Gasteiger partial charge in [0.25, 0.3) is 0 Å². The van der Waals surface area contributed by atoms with Crippen LogP contribution in [-0.2, 0) is 18.0 Å². The molecular weight excluding hydrogens is 460 g/mol. The molecule has 0 aliphatic rings. The van der Waals surface area contributed by atoms with Crippen molar-refractivity contribution in [1.29, 1.82) is 5.26 Å². The Hall–Kier alpha value is -3.60. The number of hydrogen-bond donors (Lipinski definition) is 0.